The van der Waals surface area contributed by atoms with Crippen LogP contribution in [-0.2, 0) is 4.79 Å². The maximum Gasteiger partial charge on any atom is 0.300 e. The van der Waals surface area contributed by atoms with Crippen LogP contribution in [0, 0.1) is 40.8 Å². The number of aliphatic carboxylic acids is 1. The van der Waals surface area contributed by atoms with E-state index in [1.165, 1.54) is 0 Å². The molecule has 0 saturated heterocycles. The molecule has 0 aliphatic rings. The molecular weight excluding hydrogens is 264 g/mol. The minimum atomic E-state index is -0.833. The average Bonchev–Trinajstić information content (AvgIpc) is 0.811. The molecule has 6 nitrogen and oxygen atoms in total. The van der Waals surface area contributed by atoms with Crippen molar-refractivity contribution < 1.29 is 72.6 Å². The van der Waals surface area contributed by atoms with Gasteiger partial charge in [-0.1, -0.05) is 0 Å². The molecule has 0 spiro atoms. The van der Waals surface area contributed by atoms with Gasteiger partial charge in [-0.25, -0.2) is 0 Å². The van der Waals surface area contributed by atoms with Crippen molar-refractivity contribution in [2.24, 2.45) is 0 Å². The summed E-state index contributed by atoms with van der Waals surface area (Å²) < 4.78 is 0. The summed E-state index contributed by atoms with van der Waals surface area (Å²) in [6, 6.07) is 0. The monoisotopic (exact) mass is 274 g/mol. The van der Waals surface area contributed by atoms with Crippen LogP contribution >= 0.6 is 0 Å². The van der Waals surface area contributed by atoms with Gasteiger partial charge in [-0.05, 0) is 0 Å². The average molecular weight is 276 g/mol. The minimum absolute atomic E-state index is 0. The fourth-order valence-corrected chi connectivity index (χ4v) is 0. The van der Waals surface area contributed by atoms with Gasteiger partial charge in [0, 0.05) is 47.8 Å². The summed E-state index contributed by atoms with van der Waals surface area (Å²) in [5.74, 6) is -0.833. The summed E-state index contributed by atoms with van der Waals surface area (Å²) in [6.07, 6.45) is 0. The van der Waals surface area contributed by atoms with Crippen molar-refractivity contribution in [1.29, 1.82) is 0 Å². The number of carbonyl (C=O) groups is 1. The Labute approximate surface area is 85.0 Å². The van der Waals surface area contributed by atoms with Crippen LogP contribution in [-0.4, -0.2) is 33.0 Å². The Morgan fingerprint density at radius 2 is 1.11 bits per heavy atom. The third-order valence-corrected chi connectivity index (χ3v) is 0. The molecule has 0 aliphatic heterocycles. The number of carboxylic acid groups (broad SMARTS) is 1. The minimum Gasteiger partial charge on any atom is -0.481 e. The normalized spacial score (nSPS) is 2.78. The Morgan fingerprint density at radius 3 is 1.11 bits per heavy atom. The van der Waals surface area contributed by atoms with Crippen molar-refractivity contribution in [3.05, 3.63) is 0 Å². The number of rotatable bonds is 0. The zero-order chi connectivity index (χ0) is 3.58. The van der Waals surface area contributed by atoms with Crippen LogP contribution in [0.15, 0.2) is 0 Å². The molecular formula is C2H12NdO6. The van der Waals surface area contributed by atoms with E-state index in [1.807, 2.05) is 0 Å². The molecule has 0 radical (unpaired) electrons. The van der Waals surface area contributed by atoms with Gasteiger partial charge in [-0.15, -0.1) is 0 Å². The number of carboxylic acids is 1. The molecule has 0 aromatic rings. The second kappa shape index (κ2) is 37.9. The van der Waals surface area contributed by atoms with Gasteiger partial charge < -0.3 is 27.0 Å². The quantitative estimate of drug-likeness (QED) is 0.493. The van der Waals surface area contributed by atoms with Crippen molar-refractivity contribution >= 4 is 5.97 Å². The van der Waals surface area contributed by atoms with Gasteiger partial charge in [0.25, 0.3) is 5.97 Å². The summed E-state index contributed by atoms with van der Waals surface area (Å²) in [7, 11) is 0. The molecule has 0 fully saturated rings. The molecule has 0 heterocycles. The van der Waals surface area contributed by atoms with E-state index in [2.05, 4.69) is 0 Å². The molecule has 0 amide bonds. The summed E-state index contributed by atoms with van der Waals surface area (Å²) in [4.78, 5) is 9.00. The second-order valence-corrected chi connectivity index (χ2v) is 0.519. The molecule has 7 heteroatoms. The van der Waals surface area contributed by atoms with Crippen molar-refractivity contribution in [1.82, 2.24) is 0 Å². The van der Waals surface area contributed by atoms with E-state index in [1.54, 1.807) is 0 Å². The fourth-order valence-electron chi connectivity index (χ4n) is 0. The standard InChI is InChI=1S/C2H4O2.Nd.4H2O/c1-2(3)4;;;;;/h1H3,(H,3,4);;4*1H2. The molecule has 0 saturated carbocycles. The van der Waals surface area contributed by atoms with Gasteiger partial charge >= 0.3 is 0 Å². The van der Waals surface area contributed by atoms with E-state index < -0.39 is 5.97 Å². The van der Waals surface area contributed by atoms with E-state index in [0.29, 0.717) is 0 Å². The molecule has 0 bridgehead atoms. The molecule has 0 aromatic carbocycles. The van der Waals surface area contributed by atoms with Crippen LogP contribution < -0.4 is 0 Å². The molecule has 9 N–H and O–H groups in total. The van der Waals surface area contributed by atoms with Gasteiger partial charge in [0.05, 0.1) is 0 Å². The van der Waals surface area contributed by atoms with Crippen LogP contribution in [0.3, 0.4) is 0 Å². The Morgan fingerprint density at radius 1 is 1.11 bits per heavy atom. The van der Waals surface area contributed by atoms with E-state index in [4.69, 9.17) is 9.90 Å². The second-order valence-electron chi connectivity index (χ2n) is 0.519. The van der Waals surface area contributed by atoms with Crippen LogP contribution in [0.4, 0.5) is 0 Å². The maximum absolute atomic E-state index is 9.00. The van der Waals surface area contributed by atoms with Crippen LogP contribution in [0.25, 0.3) is 0 Å². The van der Waals surface area contributed by atoms with E-state index in [0.717, 1.165) is 6.92 Å². The molecule has 0 atom stereocenters. The molecule has 9 heavy (non-hydrogen) atoms. The van der Waals surface area contributed by atoms with Gasteiger partial charge in [0.1, 0.15) is 0 Å². The zero-order valence-corrected chi connectivity index (χ0v) is 8.06. The Kier molecular flexibility index (Phi) is 228. The van der Waals surface area contributed by atoms with Crippen molar-refractivity contribution in [2.75, 3.05) is 0 Å². The molecule has 0 aliphatic carbocycles. The first-order valence-electron chi connectivity index (χ1n) is 0.928. The fraction of sp³-hybridized carbons (Fsp3) is 0.500. The summed E-state index contributed by atoms with van der Waals surface area (Å²) in [5.41, 5.74) is 0. The van der Waals surface area contributed by atoms with Gasteiger partial charge in [0.2, 0.25) is 0 Å². The number of hydrogen-bond acceptors (Lipinski definition) is 1. The predicted molar refractivity (Wildman–Crippen MR) is 27.8 cm³/mol. The SMILES string of the molecule is CC(=O)O.O.O.O.O.[Nd]. The van der Waals surface area contributed by atoms with Gasteiger partial charge in [0.15, 0.2) is 0 Å². The van der Waals surface area contributed by atoms with Crippen LogP contribution in [0.2, 0.25) is 0 Å². The topological polar surface area (TPSA) is 163 Å². The first-order chi connectivity index (χ1) is 1.73. The van der Waals surface area contributed by atoms with E-state index >= 15 is 0 Å². The molecule has 0 rings (SSSR count). The van der Waals surface area contributed by atoms with Gasteiger partial charge in [-0.2, -0.15) is 0 Å². The molecule has 60 valence electrons. The van der Waals surface area contributed by atoms with Crippen molar-refractivity contribution in [3.63, 3.8) is 0 Å². The van der Waals surface area contributed by atoms with Gasteiger partial charge in [-0.3, -0.25) is 4.79 Å². The summed E-state index contributed by atoms with van der Waals surface area (Å²) in [5, 5.41) is 7.42. The smallest absolute Gasteiger partial charge is 0.300 e. The van der Waals surface area contributed by atoms with Crippen molar-refractivity contribution in [3.8, 4) is 0 Å². The van der Waals surface area contributed by atoms with E-state index in [-0.39, 0.29) is 62.7 Å². The number of hydrogen-bond donors (Lipinski definition) is 1. The molecule has 0 aromatic heterocycles. The first kappa shape index (κ1) is 54.1. The zero-order valence-electron chi connectivity index (χ0n) is 4.86. The Bertz CT molecular complexity index is 34.0. The summed E-state index contributed by atoms with van der Waals surface area (Å²) >= 11 is 0. The van der Waals surface area contributed by atoms with Crippen LogP contribution in [0.5, 0.6) is 0 Å². The third kappa shape index (κ3) is 880. The van der Waals surface area contributed by atoms with Crippen LogP contribution in [0.1, 0.15) is 6.92 Å². The Balaban J connectivity index is -0.00000000450. The summed E-state index contributed by atoms with van der Waals surface area (Å²) in [6.45, 7) is 1.08. The molecule has 0 unspecified atom stereocenters. The van der Waals surface area contributed by atoms with E-state index in [9.17, 15) is 0 Å². The predicted octanol–water partition coefficient (Wildman–Crippen LogP) is -3.21. The third-order valence-electron chi connectivity index (χ3n) is 0. The maximum atomic E-state index is 9.00. The Hall–Kier alpha value is 0.661. The largest absolute Gasteiger partial charge is 0.481 e. The first-order valence-corrected chi connectivity index (χ1v) is 0.928. The van der Waals surface area contributed by atoms with Crippen molar-refractivity contribution in [2.45, 2.75) is 6.92 Å².